The summed E-state index contributed by atoms with van der Waals surface area (Å²) in [5.41, 5.74) is 7.86. The summed E-state index contributed by atoms with van der Waals surface area (Å²) in [6.45, 7) is 4.45. The molecule has 2 amide bonds. The number of nitrogens with one attached hydrogen (secondary N) is 2. The third-order valence-electron chi connectivity index (χ3n) is 4.75. The second-order valence-electron chi connectivity index (χ2n) is 7.21. The van der Waals surface area contributed by atoms with Gasteiger partial charge in [-0.05, 0) is 37.6 Å². The highest BCUT2D eigenvalue weighted by Gasteiger charge is 2.13. The normalized spacial score (nSPS) is 10.7. The lowest BCUT2D eigenvalue weighted by atomic mass is 10.2. The molecule has 0 bridgehead atoms. The van der Waals surface area contributed by atoms with E-state index in [1.54, 1.807) is 0 Å². The number of aromatic nitrogens is 2. The molecule has 0 spiro atoms. The summed E-state index contributed by atoms with van der Waals surface area (Å²) in [6.07, 6.45) is 3.00. The molecule has 0 aliphatic rings. The molecule has 2 aromatic carbocycles. The van der Waals surface area contributed by atoms with Gasteiger partial charge in [-0.15, -0.1) is 0 Å². The van der Waals surface area contributed by atoms with Crippen molar-refractivity contribution >= 4 is 22.8 Å². The molecule has 0 aliphatic carbocycles. The molecule has 30 heavy (non-hydrogen) atoms. The van der Waals surface area contributed by atoms with Gasteiger partial charge < -0.3 is 9.30 Å². The first kappa shape index (κ1) is 21.4. The molecule has 1 heterocycles. The number of hydrazine groups is 1. The minimum absolute atomic E-state index is 0.0969. The highest BCUT2D eigenvalue weighted by Crippen LogP contribution is 2.17. The maximum atomic E-state index is 12.4. The van der Waals surface area contributed by atoms with E-state index < -0.39 is 0 Å². The Morgan fingerprint density at radius 2 is 1.77 bits per heavy atom. The van der Waals surface area contributed by atoms with Crippen molar-refractivity contribution in [3.63, 3.8) is 0 Å². The van der Waals surface area contributed by atoms with E-state index in [4.69, 9.17) is 4.74 Å². The summed E-state index contributed by atoms with van der Waals surface area (Å²) >= 11 is 0. The topological polar surface area (TPSA) is 85.3 Å². The predicted molar refractivity (Wildman–Crippen MR) is 116 cm³/mol. The number of imidazole rings is 1. The number of hydrogen-bond acceptors (Lipinski definition) is 4. The molecule has 7 heteroatoms. The summed E-state index contributed by atoms with van der Waals surface area (Å²) in [5.74, 6) is 0.982. The van der Waals surface area contributed by atoms with Crippen LogP contribution >= 0.6 is 0 Å². The lowest BCUT2D eigenvalue weighted by Gasteiger charge is -2.11. The average molecular weight is 409 g/mol. The molecular weight excluding hydrogens is 380 g/mol. The van der Waals surface area contributed by atoms with Gasteiger partial charge in [-0.2, -0.15) is 0 Å². The number of rotatable bonds is 9. The van der Waals surface area contributed by atoms with Crippen LogP contribution in [0.15, 0.2) is 48.5 Å². The number of benzene rings is 2. The van der Waals surface area contributed by atoms with Gasteiger partial charge in [0.15, 0.2) is 0 Å². The molecule has 0 fully saturated rings. The quantitative estimate of drug-likeness (QED) is 0.532. The van der Waals surface area contributed by atoms with Crippen molar-refractivity contribution in [2.24, 2.45) is 0 Å². The molecule has 0 unspecified atom stereocenters. The van der Waals surface area contributed by atoms with Crippen molar-refractivity contribution in [2.45, 2.75) is 46.1 Å². The predicted octanol–water partition coefficient (Wildman–Crippen LogP) is 3.30. The SMILES string of the molecule is CCCCc1nc2ccccc2n1CC(=O)NNC(=O)CCOc1ccc(C)cc1. The van der Waals surface area contributed by atoms with E-state index in [1.807, 2.05) is 60.0 Å². The molecule has 1 aromatic heterocycles. The fourth-order valence-corrected chi connectivity index (χ4v) is 3.11. The largest absolute Gasteiger partial charge is 0.493 e. The lowest BCUT2D eigenvalue weighted by Crippen LogP contribution is -2.43. The van der Waals surface area contributed by atoms with Crippen molar-refractivity contribution in [3.8, 4) is 5.75 Å². The van der Waals surface area contributed by atoms with Gasteiger partial charge in [0.1, 0.15) is 18.1 Å². The van der Waals surface area contributed by atoms with E-state index in [0.717, 1.165) is 41.7 Å². The van der Waals surface area contributed by atoms with Crippen LogP contribution in [0, 0.1) is 6.92 Å². The smallest absolute Gasteiger partial charge is 0.258 e. The molecular formula is C23H28N4O3. The Morgan fingerprint density at radius 1 is 1.03 bits per heavy atom. The van der Waals surface area contributed by atoms with E-state index >= 15 is 0 Å². The summed E-state index contributed by atoms with van der Waals surface area (Å²) in [6, 6.07) is 15.4. The molecule has 2 N–H and O–H groups in total. The molecule has 158 valence electrons. The van der Waals surface area contributed by atoms with Crippen LogP contribution in [0.1, 0.15) is 37.6 Å². The number of para-hydroxylation sites is 2. The first-order valence-corrected chi connectivity index (χ1v) is 10.3. The Morgan fingerprint density at radius 3 is 2.53 bits per heavy atom. The van der Waals surface area contributed by atoms with Crippen molar-refractivity contribution in [3.05, 3.63) is 59.9 Å². The van der Waals surface area contributed by atoms with Crippen LogP contribution in [-0.2, 0) is 22.6 Å². The van der Waals surface area contributed by atoms with Crippen LogP contribution in [0.5, 0.6) is 5.75 Å². The third-order valence-corrected chi connectivity index (χ3v) is 4.75. The monoisotopic (exact) mass is 408 g/mol. The van der Waals surface area contributed by atoms with Crippen LogP contribution in [-0.4, -0.2) is 28.0 Å². The minimum Gasteiger partial charge on any atom is -0.493 e. The molecule has 0 atom stereocenters. The van der Waals surface area contributed by atoms with Crippen molar-refractivity contribution < 1.29 is 14.3 Å². The van der Waals surface area contributed by atoms with Gasteiger partial charge in [-0.3, -0.25) is 20.4 Å². The van der Waals surface area contributed by atoms with Gasteiger partial charge in [-0.25, -0.2) is 4.98 Å². The standard InChI is InChI=1S/C23H28N4O3/c1-3-4-9-21-24-19-7-5-6-8-20(19)27(21)16-23(29)26-25-22(28)14-15-30-18-12-10-17(2)11-13-18/h5-8,10-13H,3-4,9,14-16H2,1-2H3,(H,25,28)(H,26,29). The van der Waals surface area contributed by atoms with Gasteiger partial charge >= 0.3 is 0 Å². The van der Waals surface area contributed by atoms with Crippen LogP contribution in [0.4, 0.5) is 0 Å². The Hall–Kier alpha value is -3.35. The zero-order valence-electron chi connectivity index (χ0n) is 17.5. The highest BCUT2D eigenvalue weighted by atomic mass is 16.5. The number of carbonyl (C=O) groups excluding carboxylic acids is 2. The number of fused-ring (bicyclic) bond motifs is 1. The van der Waals surface area contributed by atoms with E-state index in [9.17, 15) is 9.59 Å². The fourth-order valence-electron chi connectivity index (χ4n) is 3.11. The number of aryl methyl sites for hydroxylation is 2. The van der Waals surface area contributed by atoms with Crippen molar-refractivity contribution in [2.75, 3.05) is 6.61 Å². The average Bonchev–Trinajstić information content (AvgIpc) is 3.09. The second-order valence-corrected chi connectivity index (χ2v) is 7.21. The van der Waals surface area contributed by atoms with E-state index in [2.05, 4.69) is 22.8 Å². The third kappa shape index (κ3) is 5.83. The number of ether oxygens (including phenoxy) is 1. The first-order chi connectivity index (χ1) is 14.6. The Kier molecular flexibility index (Phi) is 7.43. The molecule has 0 saturated heterocycles. The molecule has 3 aromatic rings. The number of carbonyl (C=O) groups is 2. The van der Waals surface area contributed by atoms with Crippen LogP contribution in [0.25, 0.3) is 11.0 Å². The summed E-state index contributed by atoms with van der Waals surface area (Å²) in [4.78, 5) is 29.0. The number of unbranched alkanes of at least 4 members (excludes halogenated alkanes) is 1. The van der Waals surface area contributed by atoms with Gasteiger partial charge in [0.25, 0.3) is 5.91 Å². The van der Waals surface area contributed by atoms with Crippen molar-refractivity contribution in [1.82, 2.24) is 20.4 Å². The van der Waals surface area contributed by atoms with Gasteiger partial charge in [-0.1, -0.05) is 43.2 Å². The second kappa shape index (κ2) is 10.4. The minimum atomic E-state index is -0.308. The highest BCUT2D eigenvalue weighted by molar-refractivity contribution is 5.84. The maximum absolute atomic E-state index is 12.4. The van der Waals surface area contributed by atoms with Crippen LogP contribution in [0.2, 0.25) is 0 Å². The van der Waals surface area contributed by atoms with Gasteiger partial charge in [0.05, 0.1) is 24.1 Å². The number of hydrogen-bond donors (Lipinski definition) is 2. The molecule has 0 saturated carbocycles. The van der Waals surface area contributed by atoms with Crippen molar-refractivity contribution in [1.29, 1.82) is 0 Å². The van der Waals surface area contributed by atoms with Crippen LogP contribution < -0.4 is 15.6 Å². The number of amides is 2. The van der Waals surface area contributed by atoms with E-state index in [0.29, 0.717) is 5.75 Å². The van der Waals surface area contributed by atoms with Crippen LogP contribution in [0.3, 0.4) is 0 Å². The summed E-state index contributed by atoms with van der Waals surface area (Å²) < 4.78 is 7.45. The molecule has 0 radical (unpaired) electrons. The first-order valence-electron chi connectivity index (χ1n) is 10.3. The van der Waals surface area contributed by atoms with E-state index in [1.165, 1.54) is 0 Å². The Balaban J connectivity index is 1.49. The number of nitrogens with zero attached hydrogens (tertiary/aromatic N) is 2. The Labute approximate surface area is 176 Å². The van der Waals surface area contributed by atoms with E-state index in [-0.39, 0.29) is 31.4 Å². The van der Waals surface area contributed by atoms with Gasteiger partial charge in [0.2, 0.25) is 5.91 Å². The van der Waals surface area contributed by atoms with Gasteiger partial charge in [0, 0.05) is 6.42 Å². The zero-order chi connectivity index (χ0) is 21.3. The summed E-state index contributed by atoms with van der Waals surface area (Å²) in [5, 5.41) is 0. The fraction of sp³-hybridized carbons (Fsp3) is 0.348. The Bertz CT molecular complexity index is 995. The lowest BCUT2D eigenvalue weighted by molar-refractivity contribution is -0.129. The molecule has 3 rings (SSSR count). The summed E-state index contributed by atoms with van der Waals surface area (Å²) in [7, 11) is 0. The zero-order valence-corrected chi connectivity index (χ0v) is 17.5. The molecule has 7 nitrogen and oxygen atoms in total. The maximum Gasteiger partial charge on any atom is 0.258 e. The molecule has 0 aliphatic heterocycles.